The van der Waals surface area contributed by atoms with Crippen LogP contribution in [-0.4, -0.2) is 18.2 Å². The number of benzene rings is 1. The van der Waals surface area contributed by atoms with E-state index in [0.717, 1.165) is 18.7 Å². The highest BCUT2D eigenvalue weighted by Crippen LogP contribution is 2.40. The monoisotopic (exact) mass is 273 g/mol. The Morgan fingerprint density at radius 3 is 2.65 bits per heavy atom. The van der Waals surface area contributed by atoms with Crippen LogP contribution in [0.2, 0.25) is 0 Å². The molecule has 0 aromatic heterocycles. The minimum atomic E-state index is -0.439. The Morgan fingerprint density at radius 1 is 1.30 bits per heavy atom. The molecule has 0 unspecified atom stereocenters. The van der Waals surface area contributed by atoms with E-state index in [1.165, 1.54) is 30.4 Å². The van der Waals surface area contributed by atoms with Crippen LogP contribution in [0.4, 0.5) is 10.5 Å². The second-order valence-electron chi connectivity index (χ2n) is 6.90. The molecule has 108 valence electrons. The number of carbonyl (C=O) groups excluding carboxylic acids is 1. The van der Waals surface area contributed by atoms with E-state index < -0.39 is 5.60 Å². The number of rotatable bonds is 1. The summed E-state index contributed by atoms with van der Waals surface area (Å²) in [4.78, 5) is 14.1. The third-order valence-electron chi connectivity index (χ3n) is 4.20. The molecule has 1 amide bonds. The second-order valence-corrected chi connectivity index (χ2v) is 6.90. The van der Waals surface area contributed by atoms with Gasteiger partial charge in [-0.2, -0.15) is 0 Å². The molecule has 3 heteroatoms. The number of hydrogen-bond acceptors (Lipinski definition) is 2. The Bertz CT molecular complexity index is 526. The van der Waals surface area contributed by atoms with Crippen LogP contribution in [0.3, 0.4) is 0 Å². The van der Waals surface area contributed by atoms with Crippen molar-refractivity contribution in [1.82, 2.24) is 0 Å². The Kier molecular flexibility index (Phi) is 3.23. The maximum absolute atomic E-state index is 12.3. The molecule has 2 aliphatic rings. The summed E-state index contributed by atoms with van der Waals surface area (Å²) in [5.74, 6) is 0.696. The Morgan fingerprint density at radius 2 is 2.05 bits per heavy atom. The van der Waals surface area contributed by atoms with Gasteiger partial charge >= 0.3 is 6.09 Å². The van der Waals surface area contributed by atoms with Crippen molar-refractivity contribution in [3.8, 4) is 0 Å². The summed E-state index contributed by atoms with van der Waals surface area (Å²) in [7, 11) is 0. The number of anilines is 1. The van der Waals surface area contributed by atoms with Crippen molar-refractivity contribution in [3.63, 3.8) is 0 Å². The average molecular weight is 273 g/mol. The van der Waals surface area contributed by atoms with Gasteiger partial charge in [0, 0.05) is 6.54 Å². The van der Waals surface area contributed by atoms with Crippen molar-refractivity contribution in [2.75, 3.05) is 11.4 Å². The maximum Gasteiger partial charge on any atom is 0.414 e. The molecule has 1 aliphatic carbocycles. The fourth-order valence-corrected chi connectivity index (χ4v) is 2.90. The molecule has 1 aliphatic heterocycles. The van der Waals surface area contributed by atoms with Gasteiger partial charge in [0.2, 0.25) is 0 Å². The molecular formula is C17H23NO2. The highest BCUT2D eigenvalue weighted by Gasteiger charge is 2.30. The van der Waals surface area contributed by atoms with Gasteiger partial charge in [0.15, 0.2) is 0 Å². The summed E-state index contributed by atoms with van der Waals surface area (Å²) in [6.45, 7) is 6.46. The summed E-state index contributed by atoms with van der Waals surface area (Å²) < 4.78 is 5.51. The second kappa shape index (κ2) is 4.80. The van der Waals surface area contributed by atoms with Crippen LogP contribution in [0.1, 0.15) is 57.1 Å². The molecule has 3 rings (SSSR count). The lowest BCUT2D eigenvalue weighted by molar-refractivity contribution is 0.0584. The third-order valence-corrected chi connectivity index (χ3v) is 4.20. The largest absolute Gasteiger partial charge is 0.443 e. The molecule has 0 N–H and O–H groups in total. The number of amides is 1. The number of hydrogen-bond donors (Lipinski definition) is 0. The summed E-state index contributed by atoms with van der Waals surface area (Å²) in [5.41, 5.74) is 3.26. The summed E-state index contributed by atoms with van der Waals surface area (Å²) in [6.07, 6.45) is 4.61. The molecule has 0 saturated heterocycles. The van der Waals surface area contributed by atoms with Crippen molar-refractivity contribution in [3.05, 3.63) is 29.3 Å². The highest BCUT2D eigenvalue weighted by molar-refractivity contribution is 5.90. The van der Waals surface area contributed by atoms with Gasteiger partial charge < -0.3 is 4.74 Å². The fourth-order valence-electron chi connectivity index (χ4n) is 2.90. The molecule has 1 fully saturated rings. The lowest BCUT2D eigenvalue weighted by Gasteiger charge is -2.28. The first kappa shape index (κ1) is 13.5. The highest BCUT2D eigenvalue weighted by atomic mass is 16.6. The van der Waals surface area contributed by atoms with E-state index in [1.54, 1.807) is 4.90 Å². The van der Waals surface area contributed by atoms with Gasteiger partial charge in [-0.1, -0.05) is 18.6 Å². The molecule has 1 heterocycles. The van der Waals surface area contributed by atoms with Crippen LogP contribution in [0.15, 0.2) is 18.2 Å². The minimum Gasteiger partial charge on any atom is -0.443 e. The smallest absolute Gasteiger partial charge is 0.414 e. The number of ether oxygens (including phenoxy) is 1. The number of fused-ring (bicyclic) bond motifs is 1. The van der Waals surface area contributed by atoms with Gasteiger partial charge in [-0.3, -0.25) is 4.90 Å². The summed E-state index contributed by atoms with van der Waals surface area (Å²) in [6, 6.07) is 6.63. The topological polar surface area (TPSA) is 29.5 Å². The molecular weight excluding hydrogens is 250 g/mol. The van der Waals surface area contributed by atoms with E-state index in [-0.39, 0.29) is 6.09 Å². The third kappa shape index (κ3) is 2.54. The van der Waals surface area contributed by atoms with Gasteiger partial charge in [0.05, 0.1) is 5.69 Å². The van der Waals surface area contributed by atoms with Gasteiger partial charge in [-0.15, -0.1) is 0 Å². The molecule has 1 aromatic carbocycles. The summed E-state index contributed by atoms with van der Waals surface area (Å²) >= 11 is 0. The van der Waals surface area contributed by atoms with E-state index >= 15 is 0 Å². The molecule has 1 saturated carbocycles. The maximum atomic E-state index is 12.3. The van der Waals surface area contributed by atoms with Crippen molar-refractivity contribution in [2.45, 2.75) is 58.0 Å². The fraction of sp³-hybridized carbons (Fsp3) is 0.588. The lowest BCUT2D eigenvalue weighted by Crippen LogP contribution is -2.35. The van der Waals surface area contributed by atoms with Gasteiger partial charge in [0.1, 0.15) is 5.60 Å². The predicted octanol–water partition coefficient (Wildman–Crippen LogP) is 4.25. The standard InChI is InChI=1S/C17H23NO2/c1-17(2,3)20-16(19)18-10-9-13-7-8-14(11-15(13)18)12-5-4-6-12/h7-8,11-12H,4-6,9-10H2,1-3H3. The van der Waals surface area contributed by atoms with Crippen molar-refractivity contribution < 1.29 is 9.53 Å². The lowest BCUT2D eigenvalue weighted by atomic mass is 9.80. The Balaban J connectivity index is 1.82. The molecule has 20 heavy (non-hydrogen) atoms. The zero-order chi connectivity index (χ0) is 14.3. The van der Waals surface area contributed by atoms with E-state index in [0.29, 0.717) is 5.92 Å². The number of carbonyl (C=O) groups is 1. The van der Waals surface area contributed by atoms with Gasteiger partial charge in [-0.25, -0.2) is 4.79 Å². The van der Waals surface area contributed by atoms with Crippen LogP contribution in [0.25, 0.3) is 0 Å². The van der Waals surface area contributed by atoms with Crippen LogP contribution in [0.5, 0.6) is 0 Å². The Hall–Kier alpha value is -1.51. The van der Waals surface area contributed by atoms with Crippen LogP contribution in [-0.2, 0) is 11.2 Å². The van der Waals surface area contributed by atoms with E-state index in [2.05, 4.69) is 18.2 Å². The van der Waals surface area contributed by atoms with Crippen LogP contribution < -0.4 is 4.90 Å². The van der Waals surface area contributed by atoms with Gasteiger partial charge in [-0.05, 0) is 63.1 Å². The molecule has 0 bridgehead atoms. The van der Waals surface area contributed by atoms with E-state index in [9.17, 15) is 4.79 Å². The van der Waals surface area contributed by atoms with E-state index in [4.69, 9.17) is 4.74 Å². The molecule has 0 spiro atoms. The zero-order valence-corrected chi connectivity index (χ0v) is 12.6. The zero-order valence-electron chi connectivity index (χ0n) is 12.6. The molecule has 0 atom stereocenters. The predicted molar refractivity (Wildman–Crippen MR) is 80.3 cm³/mol. The number of nitrogens with zero attached hydrogens (tertiary/aromatic N) is 1. The van der Waals surface area contributed by atoms with Crippen molar-refractivity contribution in [1.29, 1.82) is 0 Å². The van der Waals surface area contributed by atoms with Crippen LogP contribution in [0, 0.1) is 0 Å². The molecule has 0 radical (unpaired) electrons. The van der Waals surface area contributed by atoms with Gasteiger partial charge in [0.25, 0.3) is 0 Å². The van der Waals surface area contributed by atoms with Crippen molar-refractivity contribution in [2.24, 2.45) is 0 Å². The normalized spacial score (nSPS) is 18.6. The first-order chi connectivity index (χ1) is 9.44. The Labute approximate surface area is 120 Å². The van der Waals surface area contributed by atoms with Crippen LogP contribution >= 0.6 is 0 Å². The van der Waals surface area contributed by atoms with E-state index in [1.807, 2.05) is 20.8 Å². The van der Waals surface area contributed by atoms with Crippen molar-refractivity contribution >= 4 is 11.8 Å². The average Bonchev–Trinajstić information content (AvgIpc) is 2.67. The summed E-state index contributed by atoms with van der Waals surface area (Å²) in [5, 5.41) is 0. The molecule has 1 aromatic rings. The SMILES string of the molecule is CC(C)(C)OC(=O)N1CCc2ccc(C3CCC3)cc21. The molecule has 3 nitrogen and oxygen atoms in total. The first-order valence-electron chi connectivity index (χ1n) is 7.57. The minimum absolute atomic E-state index is 0.220. The first-order valence-corrected chi connectivity index (χ1v) is 7.57. The quantitative estimate of drug-likeness (QED) is 0.765.